The molecule has 3 heteroatoms. The predicted molar refractivity (Wildman–Crippen MR) is 73.4 cm³/mol. The fraction of sp³-hybridized carbons (Fsp3) is 0.571. The molecule has 0 N–H and O–H groups in total. The molecule has 0 amide bonds. The SMILES string of the molecule is CCCCCCC(Br)c1ccc(OC)cc1F. The van der Waals surface area contributed by atoms with E-state index in [1.54, 1.807) is 19.2 Å². The van der Waals surface area contributed by atoms with Gasteiger partial charge in [0.2, 0.25) is 0 Å². The van der Waals surface area contributed by atoms with E-state index in [1.165, 1.54) is 25.3 Å². The van der Waals surface area contributed by atoms with Gasteiger partial charge in [0.1, 0.15) is 11.6 Å². The van der Waals surface area contributed by atoms with E-state index in [9.17, 15) is 4.39 Å². The highest BCUT2D eigenvalue weighted by Crippen LogP contribution is 2.32. The van der Waals surface area contributed by atoms with Gasteiger partial charge in [-0.2, -0.15) is 0 Å². The van der Waals surface area contributed by atoms with Crippen molar-refractivity contribution in [2.75, 3.05) is 7.11 Å². The Morgan fingerprint density at radius 1 is 1.29 bits per heavy atom. The highest BCUT2D eigenvalue weighted by molar-refractivity contribution is 9.09. The van der Waals surface area contributed by atoms with Crippen molar-refractivity contribution in [3.05, 3.63) is 29.6 Å². The fourth-order valence-corrected chi connectivity index (χ4v) is 2.49. The molecule has 0 saturated carbocycles. The van der Waals surface area contributed by atoms with E-state index < -0.39 is 0 Å². The number of methoxy groups -OCH3 is 1. The second kappa shape index (κ2) is 7.70. The van der Waals surface area contributed by atoms with Crippen molar-refractivity contribution in [2.24, 2.45) is 0 Å². The van der Waals surface area contributed by atoms with Gasteiger partial charge in [0.25, 0.3) is 0 Å². The summed E-state index contributed by atoms with van der Waals surface area (Å²) in [5.41, 5.74) is 0.724. The number of unbranched alkanes of at least 4 members (excludes halogenated alkanes) is 3. The van der Waals surface area contributed by atoms with Gasteiger partial charge in [0, 0.05) is 16.5 Å². The summed E-state index contributed by atoms with van der Waals surface area (Å²) in [7, 11) is 1.55. The first kappa shape index (κ1) is 14.5. The summed E-state index contributed by atoms with van der Waals surface area (Å²) >= 11 is 3.55. The van der Waals surface area contributed by atoms with Gasteiger partial charge in [-0.25, -0.2) is 4.39 Å². The molecule has 1 aromatic rings. The lowest BCUT2D eigenvalue weighted by atomic mass is 10.0. The monoisotopic (exact) mass is 302 g/mol. The molecule has 0 aliphatic rings. The zero-order valence-corrected chi connectivity index (χ0v) is 12.1. The summed E-state index contributed by atoms with van der Waals surface area (Å²) in [4.78, 5) is 0.102. The second-order valence-electron chi connectivity index (χ2n) is 4.20. The van der Waals surface area contributed by atoms with E-state index in [4.69, 9.17) is 4.74 Å². The van der Waals surface area contributed by atoms with Crippen molar-refractivity contribution in [2.45, 2.75) is 43.9 Å². The molecule has 0 aliphatic heterocycles. The minimum Gasteiger partial charge on any atom is -0.497 e. The third kappa shape index (κ3) is 4.66. The Hall–Kier alpha value is -0.570. The maximum absolute atomic E-state index is 13.8. The Labute approximate surface area is 111 Å². The molecule has 0 fully saturated rings. The van der Waals surface area contributed by atoms with Crippen LogP contribution in [0.4, 0.5) is 4.39 Å². The first-order chi connectivity index (χ1) is 8.19. The Morgan fingerprint density at radius 2 is 2.06 bits per heavy atom. The molecule has 1 aromatic carbocycles. The van der Waals surface area contributed by atoms with E-state index in [0.717, 1.165) is 18.4 Å². The molecule has 96 valence electrons. The second-order valence-corrected chi connectivity index (χ2v) is 5.31. The number of benzene rings is 1. The smallest absolute Gasteiger partial charge is 0.131 e. The lowest BCUT2D eigenvalue weighted by Crippen LogP contribution is -1.96. The number of alkyl halides is 1. The van der Waals surface area contributed by atoms with Gasteiger partial charge in [-0.05, 0) is 12.5 Å². The third-order valence-corrected chi connectivity index (χ3v) is 3.81. The van der Waals surface area contributed by atoms with Crippen LogP contribution in [-0.4, -0.2) is 7.11 Å². The predicted octanol–water partition coefficient (Wildman–Crippen LogP) is 5.24. The van der Waals surface area contributed by atoms with Crippen molar-refractivity contribution < 1.29 is 9.13 Å². The average molecular weight is 303 g/mol. The molecule has 0 radical (unpaired) electrons. The van der Waals surface area contributed by atoms with Gasteiger partial charge < -0.3 is 4.74 Å². The highest BCUT2D eigenvalue weighted by atomic mass is 79.9. The van der Waals surface area contributed by atoms with Crippen LogP contribution >= 0.6 is 15.9 Å². The van der Waals surface area contributed by atoms with Crippen LogP contribution in [0.1, 0.15) is 49.4 Å². The molecular formula is C14H20BrFO. The van der Waals surface area contributed by atoms with E-state index in [1.807, 2.05) is 0 Å². The first-order valence-corrected chi connectivity index (χ1v) is 7.08. The number of hydrogen-bond donors (Lipinski definition) is 0. The van der Waals surface area contributed by atoms with Crippen LogP contribution in [0.3, 0.4) is 0 Å². The van der Waals surface area contributed by atoms with Gasteiger partial charge in [-0.15, -0.1) is 0 Å². The molecule has 1 nitrogen and oxygen atoms in total. The highest BCUT2D eigenvalue weighted by Gasteiger charge is 2.12. The van der Waals surface area contributed by atoms with E-state index >= 15 is 0 Å². The van der Waals surface area contributed by atoms with Crippen molar-refractivity contribution in [1.82, 2.24) is 0 Å². The number of halogens is 2. The maximum atomic E-state index is 13.8. The molecule has 0 saturated heterocycles. The quantitative estimate of drug-likeness (QED) is 0.494. The molecule has 0 aromatic heterocycles. The van der Waals surface area contributed by atoms with Crippen LogP contribution in [0.25, 0.3) is 0 Å². The zero-order chi connectivity index (χ0) is 12.7. The standard InChI is InChI=1S/C14H20BrFO/c1-3-4-5-6-7-13(15)12-9-8-11(17-2)10-14(12)16/h8-10,13H,3-7H2,1-2H3. The van der Waals surface area contributed by atoms with Gasteiger partial charge in [-0.1, -0.05) is 54.6 Å². The molecule has 0 bridgehead atoms. The summed E-state index contributed by atoms with van der Waals surface area (Å²) in [6.07, 6.45) is 5.81. The summed E-state index contributed by atoms with van der Waals surface area (Å²) in [5, 5.41) is 0. The van der Waals surface area contributed by atoms with E-state index in [-0.39, 0.29) is 10.6 Å². The summed E-state index contributed by atoms with van der Waals surface area (Å²) in [6, 6.07) is 5.04. The normalized spacial score (nSPS) is 12.5. The zero-order valence-electron chi connectivity index (χ0n) is 10.5. The lowest BCUT2D eigenvalue weighted by molar-refractivity contribution is 0.410. The Morgan fingerprint density at radius 3 is 2.65 bits per heavy atom. The first-order valence-electron chi connectivity index (χ1n) is 6.16. The molecule has 0 heterocycles. The minimum atomic E-state index is -0.193. The third-order valence-electron chi connectivity index (χ3n) is 2.86. The lowest BCUT2D eigenvalue weighted by Gasteiger charge is -2.12. The average Bonchev–Trinajstić information content (AvgIpc) is 2.34. The molecule has 0 aliphatic carbocycles. The topological polar surface area (TPSA) is 9.23 Å². The van der Waals surface area contributed by atoms with Crippen molar-refractivity contribution in [1.29, 1.82) is 0 Å². The minimum absolute atomic E-state index is 0.102. The van der Waals surface area contributed by atoms with Crippen LogP contribution in [0.15, 0.2) is 18.2 Å². The Balaban J connectivity index is 2.53. The Kier molecular flexibility index (Phi) is 6.56. The van der Waals surface area contributed by atoms with Crippen LogP contribution in [-0.2, 0) is 0 Å². The van der Waals surface area contributed by atoms with Gasteiger partial charge in [0.05, 0.1) is 7.11 Å². The van der Waals surface area contributed by atoms with E-state index in [0.29, 0.717) is 5.75 Å². The molecule has 1 atom stereocenters. The summed E-state index contributed by atoms with van der Waals surface area (Å²) < 4.78 is 18.7. The van der Waals surface area contributed by atoms with Crippen LogP contribution in [0.2, 0.25) is 0 Å². The van der Waals surface area contributed by atoms with Crippen molar-refractivity contribution >= 4 is 15.9 Å². The maximum Gasteiger partial charge on any atom is 0.131 e. The number of rotatable bonds is 7. The van der Waals surface area contributed by atoms with Crippen molar-refractivity contribution in [3.63, 3.8) is 0 Å². The molecule has 1 unspecified atom stereocenters. The van der Waals surface area contributed by atoms with E-state index in [2.05, 4.69) is 22.9 Å². The van der Waals surface area contributed by atoms with Crippen LogP contribution in [0, 0.1) is 5.82 Å². The molecule has 0 spiro atoms. The largest absolute Gasteiger partial charge is 0.497 e. The summed E-state index contributed by atoms with van der Waals surface area (Å²) in [5.74, 6) is 0.374. The van der Waals surface area contributed by atoms with Gasteiger partial charge >= 0.3 is 0 Å². The summed E-state index contributed by atoms with van der Waals surface area (Å²) in [6.45, 7) is 2.19. The molecule has 1 rings (SSSR count). The molecule has 17 heavy (non-hydrogen) atoms. The van der Waals surface area contributed by atoms with Crippen LogP contribution < -0.4 is 4.74 Å². The van der Waals surface area contributed by atoms with Gasteiger partial charge in [0.15, 0.2) is 0 Å². The van der Waals surface area contributed by atoms with Gasteiger partial charge in [-0.3, -0.25) is 0 Å². The Bertz CT molecular complexity index is 341. The fourth-order valence-electron chi connectivity index (χ4n) is 1.79. The number of ether oxygens (including phenoxy) is 1. The number of hydrogen-bond acceptors (Lipinski definition) is 1. The molecular weight excluding hydrogens is 283 g/mol. The van der Waals surface area contributed by atoms with Crippen LogP contribution in [0.5, 0.6) is 5.75 Å². The van der Waals surface area contributed by atoms with Crippen molar-refractivity contribution in [3.8, 4) is 5.75 Å².